The summed E-state index contributed by atoms with van der Waals surface area (Å²) in [7, 11) is 0. The number of amides is 1. The van der Waals surface area contributed by atoms with E-state index in [2.05, 4.69) is 10.9 Å². The number of rotatable bonds is 3. The second-order valence-electron chi connectivity index (χ2n) is 4.42. The van der Waals surface area contributed by atoms with E-state index in [0.29, 0.717) is 12.8 Å². The molecule has 1 fully saturated rings. The molecule has 0 bridgehead atoms. The van der Waals surface area contributed by atoms with Crippen LogP contribution in [0.1, 0.15) is 25.7 Å². The molecule has 1 aliphatic rings. The van der Waals surface area contributed by atoms with Crippen LogP contribution in [-0.2, 0) is 4.79 Å². The fourth-order valence-electron chi connectivity index (χ4n) is 2.03. The highest BCUT2D eigenvalue weighted by atomic mass is 19.2. The van der Waals surface area contributed by atoms with Crippen molar-refractivity contribution >= 4 is 11.6 Å². The van der Waals surface area contributed by atoms with Crippen molar-refractivity contribution < 1.29 is 18.7 Å². The Kier molecular flexibility index (Phi) is 3.47. The van der Waals surface area contributed by atoms with Crippen LogP contribution in [0.25, 0.3) is 0 Å². The summed E-state index contributed by atoms with van der Waals surface area (Å²) < 4.78 is 26.2. The van der Waals surface area contributed by atoms with Gasteiger partial charge in [-0.2, -0.15) is 0 Å². The number of carbonyl (C=O) groups excluding carboxylic acids is 1. The van der Waals surface area contributed by atoms with Gasteiger partial charge in [-0.25, -0.2) is 8.78 Å². The van der Waals surface area contributed by atoms with Gasteiger partial charge in [0.05, 0.1) is 5.69 Å². The molecule has 1 aromatic rings. The Morgan fingerprint density at radius 1 is 1.28 bits per heavy atom. The fourth-order valence-corrected chi connectivity index (χ4v) is 2.03. The number of hydrazine groups is 1. The molecule has 1 saturated carbocycles. The summed E-state index contributed by atoms with van der Waals surface area (Å²) in [5, 5.41) is 9.94. The monoisotopic (exact) mass is 256 g/mol. The first-order valence-corrected chi connectivity index (χ1v) is 5.76. The molecular weight excluding hydrogens is 242 g/mol. The van der Waals surface area contributed by atoms with Gasteiger partial charge < -0.3 is 5.11 Å². The molecule has 1 aliphatic carbocycles. The van der Waals surface area contributed by atoms with E-state index in [4.69, 9.17) is 0 Å². The minimum absolute atomic E-state index is 0.176. The Morgan fingerprint density at radius 2 is 1.94 bits per heavy atom. The van der Waals surface area contributed by atoms with Crippen molar-refractivity contribution in [1.29, 1.82) is 0 Å². The SMILES string of the molecule is O=C(NNc1cccc(F)c1F)C1(O)CCCC1. The van der Waals surface area contributed by atoms with Crippen molar-refractivity contribution in [1.82, 2.24) is 5.43 Å². The summed E-state index contributed by atoms with van der Waals surface area (Å²) in [6.07, 6.45) is 2.31. The first-order valence-electron chi connectivity index (χ1n) is 5.76. The predicted molar refractivity (Wildman–Crippen MR) is 61.5 cm³/mol. The van der Waals surface area contributed by atoms with Crippen molar-refractivity contribution in [2.45, 2.75) is 31.3 Å². The van der Waals surface area contributed by atoms with E-state index in [1.54, 1.807) is 0 Å². The van der Waals surface area contributed by atoms with Gasteiger partial charge >= 0.3 is 0 Å². The van der Waals surface area contributed by atoms with Gasteiger partial charge in [-0.05, 0) is 37.8 Å². The summed E-state index contributed by atoms with van der Waals surface area (Å²) in [4.78, 5) is 11.7. The smallest absolute Gasteiger partial charge is 0.270 e. The van der Waals surface area contributed by atoms with Crippen LogP contribution in [0.3, 0.4) is 0 Å². The Labute approximate surface area is 103 Å². The summed E-state index contributed by atoms with van der Waals surface area (Å²) in [6.45, 7) is 0. The van der Waals surface area contributed by atoms with Gasteiger partial charge in [-0.3, -0.25) is 15.6 Å². The highest BCUT2D eigenvalue weighted by Crippen LogP contribution is 2.29. The Hall–Kier alpha value is -1.69. The van der Waals surface area contributed by atoms with E-state index >= 15 is 0 Å². The third-order valence-electron chi connectivity index (χ3n) is 3.12. The topological polar surface area (TPSA) is 61.4 Å². The number of hydrogen-bond donors (Lipinski definition) is 3. The maximum atomic E-state index is 13.3. The molecule has 0 unspecified atom stereocenters. The molecule has 1 amide bonds. The lowest BCUT2D eigenvalue weighted by atomic mass is 10.0. The average Bonchev–Trinajstić information content (AvgIpc) is 2.79. The van der Waals surface area contributed by atoms with E-state index < -0.39 is 23.1 Å². The van der Waals surface area contributed by atoms with E-state index in [-0.39, 0.29) is 5.69 Å². The molecule has 0 spiro atoms. The van der Waals surface area contributed by atoms with Gasteiger partial charge in [0.1, 0.15) is 5.60 Å². The third-order valence-corrected chi connectivity index (χ3v) is 3.12. The molecule has 0 atom stereocenters. The molecule has 0 aromatic heterocycles. The Balaban J connectivity index is 1.99. The van der Waals surface area contributed by atoms with Crippen LogP contribution in [0.5, 0.6) is 0 Å². The molecule has 98 valence electrons. The molecule has 18 heavy (non-hydrogen) atoms. The summed E-state index contributed by atoms with van der Waals surface area (Å²) in [6, 6.07) is 3.58. The van der Waals surface area contributed by atoms with Gasteiger partial charge in [0.25, 0.3) is 5.91 Å². The minimum atomic E-state index is -1.41. The first-order chi connectivity index (χ1) is 8.53. The zero-order chi connectivity index (χ0) is 13.2. The van der Waals surface area contributed by atoms with Crippen LogP contribution in [-0.4, -0.2) is 16.6 Å². The zero-order valence-corrected chi connectivity index (χ0v) is 9.67. The number of carbonyl (C=O) groups is 1. The van der Waals surface area contributed by atoms with Gasteiger partial charge in [0.2, 0.25) is 0 Å². The molecule has 0 heterocycles. The summed E-state index contributed by atoms with van der Waals surface area (Å²) in [5.41, 5.74) is 2.90. The standard InChI is InChI=1S/C12H14F2N2O2/c13-8-4-3-5-9(10(8)14)15-16-11(17)12(18)6-1-2-7-12/h3-5,15,18H,1-2,6-7H2,(H,16,17). The molecule has 4 nitrogen and oxygen atoms in total. The minimum Gasteiger partial charge on any atom is -0.380 e. The second kappa shape index (κ2) is 4.89. The zero-order valence-electron chi connectivity index (χ0n) is 9.67. The maximum absolute atomic E-state index is 13.3. The number of benzene rings is 1. The number of nitrogens with one attached hydrogen (secondary N) is 2. The van der Waals surface area contributed by atoms with Crippen molar-refractivity contribution in [2.75, 3.05) is 5.43 Å². The van der Waals surface area contributed by atoms with E-state index in [1.807, 2.05) is 0 Å². The van der Waals surface area contributed by atoms with E-state index in [9.17, 15) is 18.7 Å². The highest BCUT2D eigenvalue weighted by Gasteiger charge is 2.38. The Morgan fingerprint density at radius 3 is 2.61 bits per heavy atom. The van der Waals surface area contributed by atoms with Crippen LogP contribution in [0.15, 0.2) is 18.2 Å². The molecule has 6 heteroatoms. The second-order valence-corrected chi connectivity index (χ2v) is 4.42. The van der Waals surface area contributed by atoms with Crippen LogP contribution < -0.4 is 10.9 Å². The van der Waals surface area contributed by atoms with Crippen molar-refractivity contribution in [3.05, 3.63) is 29.8 Å². The van der Waals surface area contributed by atoms with E-state index in [0.717, 1.165) is 18.9 Å². The van der Waals surface area contributed by atoms with Crippen LogP contribution in [0.2, 0.25) is 0 Å². The van der Waals surface area contributed by atoms with E-state index in [1.165, 1.54) is 12.1 Å². The van der Waals surface area contributed by atoms with Crippen molar-refractivity contribution in [3.8, 4) is 0 Å². The number of aliphatic hydroxyl groups is 1. The highest BCUT2D eigenvalue weighted by molar-refractivity contribution is 5.86. The van der Waals surface area contributed by atoms with Gasteiger partial charge in [-0.1, -0.05) is 6.07 Å². The number of hydrogen-bond acceptors (Lipinski definition) is 3. The van der Waals surface area contributed by atoms with Gasteiger partial charge in [0, 0.05) is 0 Å². The molecule has 0 aliphatic heterocycles. The number of anilines is 1. The van der Waals surface area contributed by atoms with Crippen LogP contribution in [0.4, 0.5) is 14.5 Å². The molecule has 3 N–H and O–H groups in total. The first kappa shape index (κ1) is 12.8. The molecule has 1 aromatic carbocycles. The average molecular weight is 256 g/mol. The van der Waals surface area contributed by atoms with Gasteiger partial charge in [-0.15, -0.1) is 0 Å². The molecule has 0 radical (unpaired) electrons. The van der Waals surface area contributed by atoms with Crippen LogP contribution in [0, 0.1) is 11.6 Å². The molecule has 2 rings (SSSR count). The third kappa shape index (κ3) is 2.43. The normalized spacial score (nSPS) is 17.5. The fraction of sp³-hybridized carbons (Fsp3) is 0.417. The molecule has 0 saturated heterocycles. The summed E-state index contributed by atoms with van der Waals surface area (Å²) in [5.74, 6) is -2.70. The lowest BCUT2D eigenvalue weighted by Crippen LogP contribution is -2.47. The van der Waals surface area contributed by atoms with Crippen molar-refractivity contribution in [3.63, 3.8) is 0 Å². The Bertz CT molecular complexity index is 459. The van der Waals surface area contributed by atoms with Crippen molar-refractivity contribution in [2.24, 2.45) is 0 Å². The summed E-state index contributed by atoms with van der Waals surface area (Å²) >= 11 is 0. The van der Waals surface area contributed by atoms with Gasteiger partial charge in [0.15, 0.2) is 11.6 Å². The maximum Gasteiger partial charge on any atom is 0.270 e. The predicted octanol–water partition coefficient (Wildman–Crippen LogP) is 1.71. The lowest BCUT2D eigenvalue weighted by molar-refractivity contribution is -0.138. The molecular formula is C12H14F2N2O2. The van der Waals surface area contributed by atoms with Crippen LogP contribution >= 0.6 is 0 Å². The largest absolute Gasteiger partial charge is 0.380 e. The number of halogens is 2. The lowest BCUT2D eigenvalue weighted by Gasteiger charge is -2.21. The quantitative estimate of drug-likeness (QED) is 0.721.